The van der Waals surface area contributed by atoms with E-state index in [9.17, 15) is 9.59 Å². The van der Waals surface area contributed by atoms with Gasteiger partial charge in [-0.25, -0.2) is 14.5 Å². The Bertz CT molecular complexity index is 1390. The largest absolute Gasteiger partial charge is 0.462 e. The Labute approximate surface area is 216 Å². The number of benzene rings is 2. The van der Waals surface area contributed by atoms with Crippen LogP contribution in [0.25, 0.3) is 16.9 Å². The lowest BCUT2D eigenvalue weighted by Gasteiger charge is -2.35. The van der Waals surface area contributed by atoms with Crippen LogP contribution in [0.1, 0.15) is 33.2 Å². The average molecular weight is 496 g/mol. The molecule has 5 rings (SSSR count). The van der Waals surface area contributed by atoms with Gasteiger partial charge in [0, 0.05) is 44.1 Å². The van der Waals surface area contributed by atoms with E-state index >= 15 is 0 Å². The molecule has 8 nitrogen and oxygen atoms in total. The molecule has 4 aromatic rings. The van der Waals surface area contributed by atoms with E-state index in [0.717, 1.165) is 22.6 Å². The maximum atomic E-state index is 13.7. The monoisotopic (exact) mass is 495 g/mol. The van der Waals surface area contributed by atoms with Crippen LogP contribution < -0.4 is 4.90 Å². The molecule has 0 atom stereocenters. The number of ether oxygens (including phenoxy) is 1. The Morgan fingerprint density at radius 2 is 1.73 bits per heavy atom. The van der Waals surface area contributed by atoms with Crippen molar-refractivity contribution in [3.63, 3.8) is 0 Å². The fraction of sp³-hybridized carbons (Fsp3) is 0.241. The van der Waals surface area contributed by atoms with Crippen molar-refractivity contribution in [2.45, 2.75) is 13.8 Å². The normalized spacial score (nSPS) is 13.5. The third-order valence-corrected chi connectivity index (χ3v) is 6.41. The molecule has 0 N–H and O–H groups in total. The summed E-state index contributed by atoms with van der Waals surface area (Å²) in [5.74, 6) is 0.360. The molecular weight excluding hydrogens is 466 g/mol. The molecule has 1 amide bonds. The van der Waals surface area contributed by atoms with E-state index in [1.54, 1.807) is 17.7 Å². The second-order valence-electron chi connectivity index (χ2n) is 8.95. The number of carbonyl (C=O) groups is 2. The zero-order valence-electron chi connectivity index (χ0n) is 21.0. The molecule has 1 fully saturated rings. The first-order valence-electron chi connectivity index (χ1n) is 12.4. The van der Waals surface area contributed by atoms with E-state index < -0.39 is 0 Å². The maximum Gasteiger partial charge on any atom is 0.339 e. The summed E-state index contributed by atoms with van der Waals surface area (Å²) in [6.07, 6.45) is 3.37. The second kappa shape index (κ2) is 10.7. The van der Waals surface area contributed by atoms with Gasteiger partial charge in [0.1, 0.15) is 11.5 Å². The minimum Gasteiger partial charge on any atom is -0.462 e. The molecule has 0 spiro atoms. The summed E-state index contributed by atoms with van der Waals surface area (Å²) in [5, 5.41) is 4.82. The predicted molar refractivity (Wildman–Crippen MR) is 142 cm³/mol. The topological polar surface area (TPSA) is 80.6 Å². The van der Waals surface area contributed by atoms with Crippen molar-refractivity contribution in [1.29, 1.82) is 0 Å². The number of hydrogen-bond donors (Lipinski definition) is 0. The quantitative estimate of drug-likeness (QED) is 0.369. The summed E-state index contributed by atoms with van der Waals surface area (Å²) in [5.41, 5.74) is 4.62. The number of hydrogen-bond acceptors (Lipinski definition) is 6. The third-order valence-electron chi connectivity index (χ3n) is 6.41. The summed E-state index contributed by atoms with van der Waals surface area (Å²) in [6.45, 7) is 6.54. The van der Waals surface area contributed by atoms with E-state index in [1.807, 2.05) is 72.6 Å². The fourth-order valence-electron chi connectivity index (χ4n) is 4.47. The molecule has 8 heteroatoms. The van der Waals surface area contributed by atoms with E-state index in [2.05, 4.69) is 16.0 Å². The number of amides is 1. The number of anilines is 1. The highest BCUT2D eigenvalue weighted by atomic mass is 16.5. The van der Waals surface area contributed by atoms with Crippen LogP contribution in [0, 0.1) is 6.92 Å². The van der Waals surface area contributed by atoms with Crippen LogP contribution in [0.3, 0.4) is 0 Å². The highest BCUT2D eigenvalue weighted by Crippen LogP contribution is 2.26. The lowest BCUT2D eigenvalue weighted by atomic mass is 10.0. The minimum atomic E-state index is -0.377. The number of esters is 1. The van der Waals surface area contributed by atoms with Gasteiger partial charge in [0.05, 0.1) is 23.4 Å². The average Bonchev–Trinajstić information content (AvgIpc) is 3.39. The van der Waals surface area contributed by atoms with Gasteiger partial charge in [0.25, 0.3) is 5.91 Å². The second-order valence-corrected chi connectivity index (χ2v) is 8.95. The molecule has 1 aliphatic heterocycles. The molecule has 0 saturated carbocycles. The van der Waals surface area contributed by atoms with Gasteiger partial charge in [-0.1, -0.05) is 42.0 Å². The van der Waals surface area contributed by atoms with Crippen molar-refractivity contribution in [2.75, 3.05) is 37.7 Å². The van der Waals surface area contributed by atoms with Crippen molar-refractivity contribution in [2.24, 2.45) is 0 Å². The predicted octanol–water partition coefficient (Wildman–Crippen LogP) is 4.38. The molecule has 0 bridgehead atoms. The summed E-state index contributed by atoms with van der Waals surface area (Å²) >= 11 is 0. The fourth-order valence-corrected chi connectivity index (χ4v) is 4.47. The Morgan fingerprint density at radius 1 is 0.946 bits per heavy atom. The van der Waals surface area contributed by atoms with Crippen molar-refractivity contribution in [3.05, 3.63) is 95.8 Å². The Balaban J connectivity index is 1.35. The highest BCUT2D eigenvalue weighted by molar-refractivity contribution is 6.00. The molecule has 1 saturated heterocycles. The van der Waals surface area contributed by atoms with Crippen LogP contribution in [-0.4, -0.2) is 64.3 Å². The number of carbonyl (C=O) groups excluding carboxylic acids is 2. The summed E-state index contributed by atoms with van der Waals surface area (Å²) < 4.78 is 6.80. The van der Waals surface area contributed by atoms with E-state index in [-0.39, 0.29) is 11.9 Å². The van der Waals surface area contributed by atoms with Crippen LogP contribution in [-0.2, 0) is 4.74 Å². The summed E-state index contributed by atoms with van der Waals surface area (Å²) in [6, 6.07) is 21.4. The van der Waals surface area contributed by atoms with E-state index in [1.165, 1.54) is 6.20 Å². The van der Waals surface area contributed by atoms with Crippen LogP contribution in [0.5, 0.6) is 0 Å². The molecule has 0 aliphatic carbocycles. The molecule has 2 aromatic heterocycles. The van der Waals surface area contributed by atoms with Gasteiger partial charge < -0.3 is 14.5 Å². The van der Waals surface area contributed by atoms with Gasteiger partial charge in [-0.15, -0.1) is 0 Å². The Morgan fingerprint density at radius 3 is 2.41 bits per heavy atom. The Kier molecular flexibility index (Phi) is 6.98. The zero-order chi connectivity index (χ0) is 25.8. The van der Waals surface area contributed by atoms with Crippen LogP contribution in [0.4, 0.5) is 5.82 Å². The number of aromatic nitrogens is 3. The van der Waals surface area contributed by atoms with Gasteiger partial charge in [-0.05, 0) is 44.2 Å². The molecule has 0 unspecified atom stereocenters. The summed E-state index contributed by atoms with van der Waals surface area (Å²) in [4.78, 5) is 34.1. The van der Waals surface area contributed by atoms with Crippen molar-refractivity contribution in [1.82, 2.24) is 19.7 Å². The minimum absolute atomic E-state index is 0.0380. The van der Waals surface area contributed by atoms with E-state index in [0.29, 0.717) is 49.6 Å². The number of piperazine rings is 1. The molecule has 3 heterocycles. The summed E-state index contributed by atoms with van der Waals surface area (Å²) in [7, 11) is 0. The highest BCUT2D eigenvalue weighted by Gasteiger charge is 2.27. The van der Waals surface area contributed by atoms with E-state index in [4.69, 9.17) is 9.84 Å². The molecule has 1 aliphatic rings. The zero-order valence-corrected chi connectivity index (χ0v) is 21.0. The number of para-hydroxylation sites is 1. The first-order valence-corrected chi connectivity index (χ1v) is 12.4. The first kappa shape index (κ1) is 24.2. The number of nitrogens with zero attached hydrogens (tertiary/aromatic N) is 5. The third kappa shape index (κ3) is 5.23. The van der Waals surface area contributed by atoms with Crippen LogP contribution >= 0.6 is 0 Å². The lowest BCUT2D eigenvalue weighted by Crippen LogP contribution is -2.49. The smallest absolute Gasteiger partial charge is 0.339 e. The molecule has 0 radical (unpaired) electrons. The first-order chi connectivity index (χ1) is 18.0. The van der Waals surface area contributed by atoms with Gasteiger partial charge >= 0.3 is 5.97 Å². The number of rotatable bonds is 6. The van der Waals surface area contributed by atoms with Crippen molar-refractivity contribution in [3.8, 4) is 16.9 Å². The SMILES string of the molecule is CCOC(=O)c1ccc(N2CCN(C(=O)c3cn(-c4ccccc4)nc3-c3cccc(C)c3)CC2)nc1. The standard InChI is InChI=1S/C29H29N5O3/c1-3-37-29(36)23-12-13-26(30-19-23)32-14-16-33(17-15-32)28(35)25-20-34(24-10-5-4-6-11-24)31-27(25)22-9-7-8-21(2)18-22/h4-13,18-20H,3,14-17H2,1-2H3. The Hall–Kier alpha value is -4.46. The van der Waals surface area contributed by atoms with Crippen molar-refractivity contribution >= 4 is 17.7 Å². The van der Waals surface area contributed by atoms with Gasteiger partial charge in [0.15, 0.2) is 0 Å². The van der Waals surface area contributed by atoms with Crippen molar-refractivity contribution < 1.29 is 14.3 Å². The lowest BCUT2D eigenvalue weighted by molar-refractivity contribution is 0.0525. The molecule has 188 valence electrons. The maximum absolute atomic E-state index is 13.7. The number of aryl methyl sites for hydroxylation is 1. The van der Waals surface area contributed by atoms with Crippen LogP contribution in [0.15, 0.2) is 79.1 Å². The molecule has 37 heavy (non-hydrogen) atoms. The molecular formula is C29H29N5O3. The molecule has 2 aromatic carbocycles. The number of pyridine rings is 1. The van der Waals surface area contributed by atoms with Gasteiger partial charge in [0.2, 0.25) is 0 Å². The van der Waals surface area contributed by atoms with Gasteiger partial charge in [-0.2, -0.15) is 5.10 Å². The van der Waals surface area contributed by atoms with Gasteiger partial charge in [-0.3, -0.25) is 4.79 Å². The van der Waals surface area contributed by atoms with Crippen LogP contribution in [0.2, 0.25) is 0 Å².